The van der Waals surface area contributed by atoms with Gasteiger partial charge in [-0.3, -0.25) is 4.79 Å². The number of anilines is 1. The van der Waals surface area contributed by atoms with E-state index in [0.29, 0.717) is 36.8 Å². The molecule has 23 heavy (non-hydrogen) atoms. The SMILES string of the molecule is CCCCN1C(=O)C(CC)Oc2c(OCCC)cc(CO)cc21. The molecule has 1 heterocycles. The fourth-order valence-electron chi connectivity index (χ4n) is 2.66. The summed E-state index contributed by atoms with van der Waals surface area (Å²) in [7, 11) is 0. The van der Waals surface area contributed by atoms with Crippen molar-refractivity contribution in [3.05, 3.63) is 17.7 Å². The smallest absolute Gasteiger partial charge is 0.268 e. The molecule has 0 fully saturated rings. The van der Waals surface area contributed by atoms with Crippen molar-refractivity contribution in [1.82, 2.24) is 0 Å². The molecular formula is C18H27NO4. The van der Waals surface area contributed by atoms with E-state index in [2.05, 4.69) is 6.92 Å². The molecule has 1 aromatic rings. The highest BCUT2D eigenvalue weighted by Gasteiger charge is 2.35. The standard InChI is InChI=1S/C18H27NO4/c1-4-7-8-19-14-10-13(12-20)11-16(22-9-5-2)17(14)23-15(6-3)18(19)21/h10-11,15,20H,4-9,12H2,1-3H3. The number of carbonyl (C=O) groups excluding carboxylic acids is 1. The zero-order valence-electron chi connectivity index (χ0n) is 14.3. The average molecular weight is 321 g/mol. The third kappa shape index (κ3) is 3.78. The molecule has 5 nitrogen and oxygen atoms in total. The third-order valence-corrected chi connectivity index (χ3v) is 3.94. The zero-order valence-corrected chi connectivity index (χ0v) is 14.3. The highest BCUT2D eigenvalue weighted by Crippen LogP contribution is 2.43. The molecule has 0 spiro atoms. The lowest BCUT2D eigenvalue weighted by molar-refractivity contribution is -0.126. The first-order chi connectivity index (χ1) is 11.2. The van der Waals surface area contributed by atoms with Gasteiger partial charge < -0.3 is 19.5 Å². The van der Waals surface area contributed by atoms with Crippen molar-refractivity contribution in [3.63, 3.8) is 0 Å². The van der Waals surface area contributed by atoms with Gasteiger partial charge in [0.1, 0.15) is 0 Å². The second kappa shape index (κ2) is 8.20. The monoisotopic (exact) mass is 321 g/mol. The second-order valence-corrected chi connectivity index (χ2v) is 5.81. The summed E-state index contributed by atoms with van der Waals surface area (Å²) in [5, 5.41) is 9.52. The van der Waals surface area contributed by atoms with Crippen molar-refractivity contribution in [3.8, 4) is 11.5 Å². The van der Waals surface area contributed by atoms with Gasteiger partial charge in [0, 0.05) is 6.54 Å². The van der Waals surface area contributed by atoms with Crippen molar-refractivity contribution in [2.75, 3.05) is 18.1 Å². The number of amides is 1. The predicted molar refractivity (Wildman–Crippen MR) is 90.1 cm³/mol. The molecule has 0 radical (unpaired) electrons. The molecular weight excluding hydrogens is 294 g/mol. The van der Waals surface area contributed by atoms with Gasteiger partial charge in [-0.05, 0) is 37.0 Å². The first kappa shape index (κ1) is 17.6. The van der Waals surface area contributed by atoms with Gasteiger partial charge in [0.25, 0.3) is 5.91 Å². The van der Waals surface area contributed by atoms with Gasteiger partial charge in [-0.25, -0.2) is 0 Å². The molecule has 1 aliphatic rings. The van der Waals surface area contributed by atoms with Crippen LogP contribution in [-0.4, -0.2) is 30.3 Å². The Balaban J connectivity index is 2.47. The van der Waals surface area contributed by atoms with Crippen LogP contribution in [0.4, 0.5) is 5.69 Å². The average Bonchev–Trinajstić information content (AvgIpc) is 2.58. The quantitative estimate of drug-likeness (QED) is 0.798. The van der Waals surface area contributed by atoms with Crippen molar-refractivity contribution in [2.24, 2.45) is 0 Å². The highest BCUT2D eigenvalue weighted by atomic mass is 16.5. The molecule has 0 saturated carbocycles. The summed E-state index contributed by atoms with van der Waals surface area (Å²) in [5.41, 5.74) is 1.44. The maximum absolute atomic E-state index is 12.6. The maximum Gasteiger partial charge on any atom is 0.268 e. The van der Waals surface area contributed by atoms with E-state index in [-0.39, 0.29) is 12.5 Å². The number of aliphatic hydroxyl groups is 1. The van der Waals surface area contributed by atoms with E-state index in [1.54, 1.807) is 11.0 Å². The Morgan fingerprint density at radius 3 is 2.65 bits per heavy atom. The number of aliphatic hydroxyl groups excluding tert-OH is 1. The first-order valence-corrected chi connectivity index (χ1v) is 8.54. The van der Waals surface area contributed by atoms with Crippen LogP contribution >= 0.6 is 0 Å². The van der Waals surface area contributed by atoms with Crippen LogP contribution in [0.5, 0.6) is 11.5 Å². The Morgan fingerprint density at radius 1 is 1.26 bits per heavy atom. The Labute approximate surface area is 138 Å². The van der Waals surface area contributed by atoms with Gasteiger partial charge in [0.05, 0.1) is 18.9 Å². The van der Waals surface area contributed by atoms with Crippen molar-refractivity contribution >= 4 is 11.6 Å². The van der Waals surface area contributed by atoms with Crippen LogP contribution in [0.25, 0.3) is 0 Å². The molecule has 1 aliphatic heterocycles. The fourth-order valence-corrected chi connectivity index (χ4v) is 2.66. The summed E-state index contributed by atoms with van der Waals surface area (Å²) in [5.74, 6) is 1.23. The van der Waals surface area contributed by atoms with Crippen LogP contribution in [0, 0.1) is 0 Å². The van der Waals surface area contributed by atoms with Crippen LogP contribution in [0.15, 0.2) is 12.1 Å². The van der Waals surface area contributed by atoms with E-state index in [4.69, 9.17) is 9.47 Å². The number of hydrogen-bond donors (Lipinski definition) is 1. The number of ether oxygens (including phenoxy) is 2. The minimum absolute atomic E-state index is 0.00928. The molecule has 1 unspecified atom stereocenters. The third-order valence-electron chi connectivity index (χ3n) is 3.94. The van der Waals surface area contributed by atoms with E-state index in [0.717, 1.165) is 24.8 Å². The van der Waals surface area contributed by atoms with Crippen LogP contribution in [-0.2, 0) is 11.4 Å². The Morgan fingerprint density at radius 2 is 2.04 bits per heavy atom. The van der Waals surface area contributed by atoms with Gasteiger partial charge in [-0.15, -0.1) is 0 Å². The first-order valence-electron chi connectivity index (χ1n) is 8.54. The molecule has 0 bridgehead atoms. The predicted octanol–water partition coefficient (Wildman–Crippen LogP) is 3.27. The van der Waals surface area contributed by atoms with Crippen LogP contribution in [0.1, 0.15) is 52.0 Å². The number of fused-ring (bicyclic) bond motifs is 1. The highest BCUT2D eigenvalue weighted by molar-refractivity contribution is 6.00. The lowest BCUT2D eigenvalue weighted by Crippen LogP contribution is -2.46. The van der Waals surface area contributed by atoms with E-state index in [1.165, 1.54) is 0 Å². The zero-order chi connectivity index (χ0) is 16.8. The summed E-state index contributed by atoms with van der Waals surface area (Å²) in [4.78, 5) is 14.4. The molecule has 0 aromatic heterocycles. The van der Waals surface area contributed by atoms with Gasteiger partial charge in [0.15, 0.2) is 17.6 Å². The Kier molecular flexibility index (Phi) is 6.28. The van der Waals surface area contributed by atoms with Gasteiger partial charge in [-0.2, -0.15) is 0 Å². The Bertz CT molecular complexity index is 544. The number of hydrogen-bond acceptors (Lipinski definition) is 4. The number of rotatable bonds is 8. The normalized spacial score (nSPS) is 17.0. The van der Waals surface area contributed by atoms with Crippen LogP contribution in [0.2, 0.25) is 0 Å². The van der Waals surface area contributed by atoms with Gasteiger partial charge in [-0.1, -0.05) is 27.2 Å². The van der Waals surface area contributed by atoms with Crippen molar-refractivity contribution in [2.45, 2.75) is 59.2 Å². The summed E-state index contributed by atoms with van der Waals surface area (Å²) < 4.78 is 11.7. The molecule has 0 aliphatic carbocycles. The van der Waals surface area contributed by atoms with Crippen LogP contribution < -0.4 is 14.4 Å². The van der Waals surface area contributed by atoms with E-state index >= 15 is 0 Å². The van der Waals surface area contributed by atoms with Crippen LogP contribution in [0.3, 0.4) is 0 Å². The number of benzene rings is 1. The fraction of sp³-hybridized carbons (Fsp3) is 0.611. The van der Waals surface area contributed by atoms with E-state index < -0.39 is 6.10 Å². The van der Waals surface area contributed by atoms with Crippen molar-refractivity contribution < 1.29 is 19.4 Å². The Hall–Kier alpha value is -1.75. The van der Waals surface area contributed by atoms with Crippen molar-refractivity contribution in [1.29, 1.82) is 0 Å². The van der Waals surface area contributed by atoms with E-state index in [1.807, 2.05) is 19.9 Å². The molecule has 1 aromatic carbocycles. The molecule has 1 atom stereocenters. The topological polar surface area (TPSA) is 59.0 Å². The number of carbonyl (C=O) groups is 1. The summed E-state index contributed by atoms with van der Waals surface area (Å²) in [6.07, 6.45) is 2.97. The van der Waals surface area contributed by atoms with Gasteiger partial charge in [0.2, 0.25) is 0 Å². The minimum atomic E-state index is -0.469. The molecule has 128 valence electrons. The van der Waals surface area contributed by atoms with Gasteiger partial charge >= 0.3 is 0 Å². The molecule has 0 saturated heterocycles. The largest absolute Gasteiger partial charge is 0.490 e. The summed E-state index contributed by atoms with van der Waals surface area (Å²) in [6.45, 7) is 7.22. The molecule has 2 rings (SSSR count). The lowest BCUT2D eigenvalue weighted by atomic mass is 10.1. The number of nitrogens with zero attached hydrogens (tertiary/aromatic N) is 1. The second-order valence-electron chi connectivity index (χ2n) is 5.81. The minimum Gasteiger partial charge on any atom is -0.490 e. The molecule has 1 amide bonds. The van der Waals surface area contributed by atoms with E-state index in [9.17, 15) is 9.90 Å². The summed E-state index contributed by atoms with van der Waals surface area (Å²) in [6, 6.07) is 3.63. The maximum atomic E-state index is 12.6. The number of unbranched alkanes of at least 4 members (excludes halogenated alkanes) is 1. The summed E-state index contributed by atoms with van der Waals surface area (Å²) >= 11 is 0. The lowest BCUT2D eigenvalue weighted by Gasteiger charge is -2.35. The molecule has 5 heteroatoms. The molecule has 1 N–H and O–H groups in total.